The summed E-state index contributed by atoms with van der Waals surface area (Å²) in [6.07, 6.45) is 1.63. The first-order valence-electron chi connectivity index (χ1n) is 10.3. The van der Waals surface area contributed by atoms with Gasteiger partial charge in [0.2, 0.25) is 5.91 Å². The Morgan fingerprint density at radius 3 is 2.61 bits per heavy atom. The lowest BCUT2D eigenvalue weighted by atomic mass is 10.0. The van der Waals surface area contributed by atoms with Crippen LogP contribution in [0, 0.1) is 11.3 Å². The number of halogens is 3. The van der Waals surface area contributed by atoms with Gasteiger partial charge in [-0.25, -0.2) is 0 Å². The molecule has 1 amide bonds. The molecule has 0 N–H and O–H groups in total. The second kappa shape index (κ2) is 9.82. The van der Waals surface area contributed by atoms with Crippen LogP contribution in [0.1, 0.15) is 42.9 Å². The zero-order valence-corrected chi connectivity index (χ0v) is 17.4. The fourth-order valence-electron chi connectivity index (χ4n) is 3.94. The van der Waals surface area contributed by atoms with Gasteiger partial charge in [0.05, 0.1) is 18.2 Å². The minimum Gasteiger partial charge on any atom is -0.360 e. The quantitative estimate of drug-likeness (QED) is 0.657. The van der Waals surface area contributed by atoms with Crippen molar-refractivity contribution in [3.05, 3.63) is 59.4 Å². The van der Waals surface area contributed by atoms with Gasteiger partial charge < -0.3 is 9.80 Å². The smallest absolute Gasteiger partial charge is 0.360 e. The lowest BCUT2D eigenvalue weighted by Gasteiger charge is -2.43. The van der Waals surface area contributed by atoms with Crippen LogP contribution in [0.2, 0.25) is 0 Å². The molecule has 31 heavy (non-hydrogen) atoms. The van der Waals surface area contributed by atoms with Crippen molar-refractivity contribution in [2.24, 2.45) is 0 Å². The largest absolute Gasteiger partial charge is 0.406 e. The Morgan fingerprint density at radius 1 is 1.23 bits per heavy atom. The van der Waals surface area contributed by atoms with Crippen molar-refractivity contribution >= 4 is 11.6 Å². The molecule has 1 fully saturated rings. The molecule has 0 saturated carbocycles. The topological polar surface area (TPSA) is 60.2 Å². The minimum atomic E-state index is -4.42. The number of carbonyl (C=O) groups excluding carboxylic acids is 1. The fourth-order valence-corrected chi connectivity index (χ4v) is 3.94. The molecule has 1 aromatic carbocycles. The van der Waals surface area contributed by atoms with Crippen LogP contribution in [0.4, 0.5) is 18.9 Å². The highest BCUT2D eigenvalue weighted by molar-refractivity contribution is 5.83. The van der Waals surface area contributed by atoms with Crippen molar-refractivity contribution in [3.63, 3.8) is 0 Å². The summed E-state index contributed by atoms with van der Waals surface area (Å²) in [5, 5.41) is 8.96. The van der Waals surface area contributed by atoms with Crippen molar-refractivity contribution in [3.8, 4) is 6.07 Å². The molecule has 2 aromatic rings. The molecule has 1 atom stereocenters. The molecule has 1 aliphatic heterocycles. The van der Waals surface area contributed by atoms with Crippen LogP contribution in [0.3, 0.4) is 0 Å². The van der Waals surface area contributed by atoms with Crippen LogP contribution in [0.25, 0.3) is 0 Å². The van der Waals surface area contributed by atoms with E-state index in [1.165, 1.54) is 0 Å². The maximum Gasteiger partial charge on any atom is 0.406 e. The molecule has 164 valence electrons. The van der Waals surface area contributed by atoms with Gasteiger partial charge in [0.1, 0.15) is 6.54 Å². The van der Waals surface area contributed by atoms with E-state index in [1.807, 2.05) is 30.0 Å². The fraction of sp³-hybridized carbons (Fsp3) is 0.435. The normalized spacial score (nSPS) is 17.0. The number of hydrogen-bond acceptors (Lipinski definition) is 4. The predicted octanol–water partition coefficient (Wildman–Crippen LogP) is 4.31. The second-order valence-electron chi connectivity index (χ2n) is 7.80. The van der Waals surface area contributed by atoms with Crippen LogP contribution >= 0.6 is 0 Å². The Bertz CT molecular complexity index is 937. The van der Waals surface area contributed by atoms with Gasteiger partial charge in [-0.1, -0.05) is 31.9 Å². The number of amides is 1. The van der Waals surface area contributed by atoms with E-state index in [9.17, 15) is 18.0 Å². The zero-order chi connectivity index (χ0) is 22.4. The van der Waals surface area contributed by atoms with E-state index in [4.69, 9.17) is 5.26 Å². The number of aromatic nitrogens is 1. The number of nitriles is 1. The summed E-state index contributed by atoms with van der Waals surface area (Å²) in [5.41, 5.74) is 3.25. The summed E-state index contributed by atoms with van der Waals surface area (Å²) in [6, 6.07) is 10.6. The Morgan fingerprint density at radius 2 is 1.97 bits per heavy atom. The summed E-state index contributed by atoms with van der Waals surface area (Å²) in [5.74, 6) is -0.509. The molecule has 2 heterocycles. The Labute approximate surface area is 180 Å². The van der Waals surface area contributed by atoms with Crippen molar-refractivity contribution in [2.75, 3.05) is 24.5 Å². The lowest BCUT2D eigenvalue weighted by Crippen LogP contribution is -2.58. The van der Waals surface area contributed by atoms with Gasteiger partial charge in [-0.05, 0) is 35.7 Å². The maximum absolute atomic E-state index is 13.1. The highest BCUT2D eigenvalue weighted by Gasteiger charge is 2.40. The molecule has 0 aliphatic carbocycles. The summed E-state index contributed by atoms with van der Waals surface area (Å²) in [7, 11) is 0. The van der Waals surface area contributed by atoms with E-state index in [2.05, 4.69) is 11.1 Å². The molecule has 1 aliphatic rings. The monoisotopic (exact) mass is 430 g/mol. The molecule has 1 aromatic heterocycles. The first-order valence-corrected chi connectivity index (χ1v) is 10.3. The van der Waals surface area contributed by atoms with Crippen molar-refractivity contribution < 1.29 is 18.0 Å². The SMILES string of the molecule is CCCCC1CN(c2ccncc2Cc2ccc(C#N)cc2)CC(=O)N1CC(F)(F)F. The maximum atomic E-state index is 13.1. The van der Waals surface area contributed by atoms with Gasteiger partial charge in [0.25, 0.3) is 0 Å². The van der Waals surface area contributed by atoms with Crippen LogP contribution in [0.15, 0.2) is 42.7 Å². The number of carbonyl (C=O) groups is 1. The van der Waals surface area contributed by atoms with Crippen LogP contribution in [-0.2, 0) is 11.2 Å². The highest BCUT2D eigenvalue weighted by atomic mass is 19.4. The highest BCUT2D eigenvalue weighted by Crippen LogP contribution is 2.29. The third-order valence-electron chi connectivity index (χ3n) is 5.46. The number of piperazine rings is 1. The standard InChI is InChI=1S/C23H25F3N4O/c1-2-3-4-20-14-29(15-22(31)30(20)16-23(24,25)26)21-9-10-28-13-19(21)11-17-5-7-18(12-27)8-6-17/h5-10,13,20H,2-4,11,14-16H2,1H3. The lowest BCUT2D eigenvalue weighted by molar-refractivity contribution is -0.166. The Kier molecular flexibility index (Phi) is 7.16. The van der Waals surface area contributed by atoms with E-state index in [1.54, 1.807) is 24.5 Å². The number of alkyl halides is 3. The predicted molar refractivity (Wildman–Crippen MR) is 111 cm³/mol. The number of unbranched alkanes of at least 4 members (excludes halogenated alkanes) is 1. The van der Waals surface area contributed by atoms with Gasteiger partial charge in [-0.3, -0.25) is 9.78 Å². The molecule has 0 spiro atoms. The molecule has 8 heteroatoms. The summed E-state index contributed by atoms with van der Waals surface area (Å²) in [6.45, 7) is 1.03. The average molecular weight is 430 g/mol. The van der Waals surface area contributed by atoms with Gasteiger partial charge in [0, 0.05) is 37.1 Å². The molecule has 0 bridgehead atoms. The number of pyridine rings is 1. The number of anilines is 1. The minimum absolute atomic E-state index is 0.0942. The number of hydrogen-bond donors (Lipinski definition) is 0. The van der Waals surface area contributed by atoms with E-state index in [0.29, 0.717) is 24.9 Å². The van der Waals surface area contributed by atoms with E-state index in [-0.39, 0.29) is 6.54 Å². The zero-order valence-electron chi connectivity index (χ0n) is 17.4. The molecule has 3 rings (SSSR count). The number of nitrogens with zero attached hydrogens (tertiary/aromatic N) is 4. The Balaban J connectivity index is 1.83. The van der Waals surface area contributed by atoms with E-state index in [0.717, 1.165) is 34.6 Å². The van der Waals surface area contributed by atoms with Gasteiger partial charge in [0.15, 0.2) is 0 Å². The van der Waals surface area contributed by atoms with E-state index < -0.39 is 24.7 Å². The molecule has 1 unspecified atom stereocenters. The summed E-state index contributed by atoms with van der Waals surface area (Å²) in [4.78, 5) is 19.8. The number of benzene rings is 1. The Hall–Kier alpha value is -3.08. The molecule has 1 saturated heterocycles. The molecular weight excluding hydrogens is 405 g/mol. The van der Waals surface area contributed by atoms with Gasteiger partial charge in [-0.2, -0.15) is 18.4 Å². The third-order valence-corrected chi connectivity index (χ3v) is 5.46. The third kappa shape index (κ3) is 5.97. The van der Waals surface area contributed by atoms with Crippen molar-refractivity contribution in [2.45, 2.75) is 44.8 Å². The van der Waals surface area contributed by atoms with Gasteiger partial charge >= 0.3 is 6.18 Å². The van der Waals surface area contributed by atoms with Crippen molar-refractivity contribution in [1.29, 1.82) is 5.26 Å². The second-order valence-corrected chi connectivity index (χ2v) is 7.80. The summed E-state index contributed by atoms with van der Waals surface area (Å²) >= 11 is 0. The molecule has 0 radical (unpaired) electrons. The first-order chi connectivity index (χ1) is 14.8. The van der Waals surface area contributed by atoms with E-state index >= 15 is 0 Å². The van der Waals surface area contributed by atoms with Crippen LogP contribution in [0.5, 0.6) is 0 Å². The molecule has 5 nitrogen and oxygen atoms in total. The molecular formula is C23H25F3N4O. The van der Waals surface area contributed by atoms with Crippen molar-refractivity contribution in [1.82, 2.24) is 9.88 Å². The average Bonchev–Trinajstić information content (AvgIpc) is 2.74. The van der Waals surface area contributed by atoms with Crippen LogP contribution in [-0.4, -0.2) is 47.6 Å². The first kappa shape index (κ1) is 22.6. The number of rotatable bonds is 7. The van der Waals surface area contributed by atoms with Gasteiger partial charge in [-0.15, -0.1) is 0 Å². The van der Waals surface area contributed by atoms with Crippen LogP contribution < -0.4 is 4.90 Å². The summed E-state index contributed by atoms with van der Waals surface area (Å²) < 4.78 is 39.2.